The van der Waals surface area contributed by atoms with Crippen molar-refractivity contribution in [2.24, 2.45) is 0 Å². The summed E-state index contributed by atoms with van der Waals surface area (Å²) in [6, 6.07) is 0. The van der Waals surface area contributed by atoms with Crippen LogP contribution in [0.1, 0.15) is 12.8 Å². The standard InChI is InChI=1S/C6H11O5S/c1-2-4-11-6(7)3-5-12(8,9)10/h1-5H2,(H,8,9,10). The van der Waals surface area contributed by atoms with Crippen LogP contribution in [0.4, 0.5) is 0 Å². The van der Waals surface area contributed by atoms with Crippen molar-refractivity contribution in [3.8, 4) is 0 Å². The van der Waals surface area contributed by atoms with E-state index < -0.39 is 21.8 Å². The first-order valence-electron chi connectivity index (χ1n) is 3.36. The van der Waals surface area contributed by atoms with Crippen LogP contribution in [0.25, 0.3) is 0 Å². The Morgan fingerprint density at radius 2 is 2.08 bits per heavy atom. The second kappa shape index (κ2) is 5.10. The molecule has 12 heavy (non-hydrogen) atoms. The molecule has 0 aliphatic carbocycles. The number of carbonyl (C=O) groups excluding carboxylic acids is 1. The summed E-state index contributed by atoms with van der Waals surface area (Å²) in [5.41, 5.74) is 0. The smallest absolute Gasteiger partial charge is 0.306 e. The van der Waals surface area contributed by atoms with Gasteiger partial charge in [0, 0.05) is 0 Å². The van der Waals surface area contributed by atoms with Crippen LogP contribution in [0, 0.1) is 6.92 Å². The third kappa shape index (κ3) is 7.49. The van der Waals surface area contributed by atoms with Crippen molar-refractivity contribution in [1.29, 1.82) is 0 Å². The molecule has 0 aromatic rings. The van der Waals surface area contributed by atoms with Crippen LogP contribution in [0.3, 0.4) is 0 Å². The van der Waals surface area contributed by atoms with Crippen LogP contribution in [0.5, 0.6) is 0 Å². The van der Waals surface area contributed by atoms with Crippen LogP contribution < -0.4 is 0 Å². The molecular weight excluding hydrogens is 184 g/mol. The minimum Gasteiger partial charge on any atom is -0.466 e. The highest BCUT2D eigenvalue weighted by atomic mass is 32.2. The maximum atomic E-state index is 10.6. The van der Waals surface area contributed by atoms with E-state index in [2.05, 4.69) is 11.7 Å². The van der Waals surface area contributed by atoms with Crippen molar-refractivity contribution < 1.29 is 22.5 Å². The minimum absolute atomic E-state index is 0.171. The first-order chi connectivity index (χ1) is 5.45. The van der Waals surface area contributed by atoms with Crippen molar-refractivity contribution in [2.75, 3.05) is 12.4 Å². The molecule has 0 saturated carbocycles. The fourth-order valence-electron chi connectivity index (χ4n) is 0.470. The lowest BCUT2D eigenvalue weighted by molar-refractivity contribution is -0.143. The van der Waals surface area contributed by atoms with Gasteiger partial charge in [-0.05, 0) is 13.3 Å². The molecule has 0 heterocycles. The van der Waals surface area contributed by atoms with E-state index in [0.717, 1.165) is 0 Å². The largest absolute Gasteiger partial charge is 0.466 e. The Labute approximate surface area is 71.5 Å². The quantitative estimate of drug-likeness (QED) is 0.494. The van der Waals surface area contributed by atoms with Gasteiger partial charge >= 0.3 is 5.97 Å². The molecule has 0 unspecified atom stereocenters. The zero-order chi connectivity index (χ0) is 9.61. The summed E-state index contributed by atoms with van der Waals surface area (Å²) in [6.07, 6.45) is 0.121. The maximum Gasteiger partial charge on any atom is 0.306 e. The third-order valence-corrected chi connectivity index (χ3v) is 1.69. The minimum atomic E-state index is -4.06. The lowest BCUT2D eigenvalue weighted by atomic mass is 10.5. The molecule has 0 atom stereocenters. The number of ether oxygens (including phenoxy) is 1. The molecule has 0 rings (SSSR count). The lowest BCUT2D eigenvalue weighted by Crippen LogP contribution is -2.12. The molecule has 0 aromatic carbocycles. The molecule has 1 radical (unpaired) electrons. The Morgan fingerprint density at radius 1 is 1.50 bits per heavy atom. The Kier molecular flexibility index (Phi) is 4.84. The van der Waals surface area contributed by atoms with Gasteiger partial charge in [0.2, 0.25) is 0 Å². The van der Waals surface area contributed by atoms with Crippen molar-refractivity contribution in [1.82, 2.24) is 0 Å². The summed E-state index contributed by atoms with van der Waals surface area (Å²) in [4.78, 5) is 10.6. The molecule has 0 saturated heterocycles. The first kappa shape index (κ1) is 11.4. The van der Waals surface area contributed by atoms with Gasteiger partial charge in [-0.15, -0.1) is 0 Å². The van der Waals surface area contributed by atoms with E-state index in [1.165, 1.54) is 0 Å². The summed E-state index contributed by atoms with van der Waals surface area (Å²) in [5.74, 6) is -1.24. The molecule has 0 aliphatic heterocycles. The van der Waals surface area contributed by atoms with Crippen LogP contribution in [0.2, 0.25) is 0 Å². The summed E-state index contributed by atoms with van der Waals surface area (Å²) >= 11 is 0. The molecule has 0 aromatic heterocycles. The number of carbonyl (C=O) groups is 1. The Balaban J connectivity index is 3.58. The van der Waals surface area contributed by atoms with E-state index in [4.69, 9.17) is 4.55 Å². The van der Waals surface area contributed by atoms with Gasteiger partial charge in [-0.3, -0.25) is 9.35 Å². The number of rotatable bonds is 5. The molecule has 0 spiro atoms. The first-order valence-corrected chi connectivity index (χ1v) is 4.96. The second-order valence-corrected chi connectivity index (χ2v) is 3.68. The number of esters is 1. The third-order valence-electron chi connectivity index (χ3n) is 0.972. The second-order valence-electron chi connectivity index (χ2n) is 2.11. The molecule has 0 fully saturated rings. The molecule has 0 amide bonds. The highest BCUT2D eigenvalue weighted by Crippen LogP contribution is 1.92. The van der Waals surface area contributed by atoms with E-state index in [-0.39, 0.29) is 13.0 Å². The molecule has 71 valence electrons. The Hall–Kier alpha value is -0.620. The van der Waals surface area contributed by atoms with Gasteiger partial charge in [0.15, 0.2) is 0 Å². The zero-order valence-electron chi connectivity index (χ0n) is 6.52. The van der Waals surface area contributed by atoms with E-state index in [1.54, 1.807) is 0 Å². The van der Waals surface area contributed by atoms with Crippen LogP contribution in [-0.4, -0.2) is 31.3 Å². The maximum absolute atomic E-state index is 10.6. The van der Waals surface area contributed by atoms with E-state index in [0.29, 0.717) is 6.42 Å². The normalized spacial score (nSPS) is 11.2. The SMILES string of the molecule is [CH2]CCOC(=O)CCS(=O)(=O)O. The van der Waals surface area contributed by atoms with Gasteiger partial charge in [0.05, 0.1) is 18.8 Å². The van der Waals surface area contributed by atoms with E-state index in [1.807, 2.05) is 0 Å². The monoisotopic (exact) mass is 195 g/mol. The molecular formula is C6H11O5S. The Bertz CT molecular complexity index is 230. The van der Waals surface area contributed by atoms with Crippen molar-refractivity contribution in [2.45, 2.75) is 12.8 Å². The molecule has 5 nitrogen and oxygen atoms in total. The summed E-state index contributed by atoms with van der Waals surface area (Å²) in [6.45, 7) is 3.59. The van der Waals surface area contributed by atoms with Crippen LogP contribution >= 0.6 is 0 Å². The highest BCUT2D eigenvalue weighted by Gasteiger charge is 2.09. The summed E-state index contributed by atoms with van der Waals surface area (Å²) in [7, 11) is -4.06. The van der Waals surface area contributed by atoms with Gasteiger partial charge < -0.3 is 4.74 Å². The topological polar surface area (TPSA) is 80.7 Å². The van der Waals surface area contributed by atoms with Crippen molar-refractivity contribution >= 4 is 16.1 Å². The highest BCUT2D eigenvalue weighted by molar-refractivity contribution is 7.85. The average Bonchev–Trinajstić information content (AvgIpc) is 1.95. The summed E-state index contributed by atoms with van der Waals surface area (Å²) < 4.78 is 33.0. The number of hydrogen-bond donors (Lipinski definition) is 1. The molecule has 1 N–H and O–H groups in total. The Morgan fingerprint density at radius 3 is 2.50 bits per heavy atom. The number of hydrogen-bond acceptors (Lipinski definition) is 4. The predicted octanol–water partition coefficient (Wildman–Crippen LogP) is 0.0317. The summed E-state index contributed by atoms with van der Waals surface area (Å²) in [5, 5.41) is 0. The van der Waals surface area contributed by atoms with Gasteiger partial charge in [0.1, 0.15) is 0 Å². The van der Waals surface area contributed by atoms with Crippen molar-refractivity contribution in [3.63, 3.8) is 0 Å². The fourth-order valence-corrected chi connectivity index (χ4v) is 0.895. The molecule has 0 aliphatic rings. The molecule has 0 bridgehead atoms. The zero-order valence-corrected chi connectivity index (χ0v) is 7.34. The van der Waals surface area contributed by atoms with E-state index >= 15 is 0 Å². The fraction of sp³-hybridized carbons (Fsp3) is 0.667. The van der Waals surface area contributed by atoms with Crippen molar-refractivity contribution in [3.05, 3.63) is 6.92 Å². The van der Waals surface area contributed by atoms with Gasteiger partial charge in [0.25, 0.3) is 10.1 Å². The van der Waals surface area contributed by atoms with Gasteiger partial charge in [-0.1, -0.05) is 0 Å². The van der Waals surface area contributed by atoms with Gasteiger partial charge in [-0.25, -0.2) is 0 Å². The lowest BCUT2D eigenvalue weighted by Gasteiger charge is -2.00. The van der Waals surface area contributed by atoms with Crippen LogP contribution in [-0.2, 0) is 19.6 Å². The van der Waals surface area contributed by atoms with Gasteiger partial charge in [-0.2, -0.15) is 8.42 Å². The molecule has 6 heteroatoms. The van der Waals surface area contributed by atoms with Crippen LogP contribution in [0.15, 0.2) is 0 Å². The van der Waals surface area contributed by atoms with E-state index in [9.17, 15) is 13.2 Å². The average molecular weight is 195 g/mol. The predicted molar refractivity (Wildman–Crippen MR) is 42.0 cm³/mol.